The van der Waals surface area contributed by atoms with Crippen molar-refractivity contribution < 1.29 is 62.0 Å². The van der Waals surface area contributed by atoms with E-state index in [2.05, 4.69) is 83.3 Å². The van der Waals surface area contributed by atoms with Crippen LogP contribution in [0.2, 0.25) is 0 Å². The van der Waals surface area contributed by atoms with Gasteiger partial charge < -0.3 is 45.7 Å². The normalized spacial score (nSPS) is 10.3. The number of aromatic nitrogens is 8. The number of nitrogens with one attached hydrogen (secondary N) is 6. The van der Waals surface area contributed by atoms with Gasteiger partial charge in [-0.15, -0.1) is 0 Å². The Balaban J connectivity index is 0.000000174. The van der Waals surface area contributed by atoms with Crippen LogP contribution in [0.15, 0.2) is 210 Å². The summed E-state index contributed by atoms with van der Waals surface area (Å²) in [4.78, 5) is 46.1. The number of nitrogens with two attached hydrogens (primary N) is 1. The quantitative estimate of drug-likeness (QED) is 0.0299. The minimum atomic E-state index is -1.59. The summed E-state index contributed by atoms with van der Waals surface area (Å²) in [7, 11) is -1.59. The Morgan fingerprint density at radius 3 is 1.39 bits per heavy atom. The van der Waals surface area contributed by atoms with Crippen LogP contribution in [0.25, 0.3) is 54.7 Å². The number of aromatic amines is 4. The lowest BCUT2D eigenvalue weighted by Gasteiger charge is -2.13. The average molecular weight is 1460 g/mol. The van der Waals surface area contributed by atoms with Gasteiger partial charge in [-0.05, 0) is 165 Å². The van der Waals surface area contributed by atoms with Crippen LogP contribution in [0.3, 0.4) is 0 Å². The summed E-state index contributed by atoms with van der Waals surface area (Å²) >= 11 is 6.67. The van der Waals surface area contributed by atoms with Gasteiger partial charge in [-0.1, -0.05) is 91.0 Å². The highest BCUT2D eigenvalue weighted by Gasteiger charge is 2.16. The fourth-order valence-electron chi connectivity index (χ4n) is 9.51. The molecule has 0 aliphatic heterocycles. The number of aldehydes is 1. The molecule has 0 unspecified atom stereocenters. The lowest BCUT2D eigenvalue weighted by Crippen LogP contribution is -2.29. The van der Waals surface area contributed by atoms with Gasteiger partial charge in [0, 0.05) is 63.4 Å². The van der Waals surface area contributed by atoms with Crippen LogP contribution in [0.1, 0.15) is 78.9 Å². The lowest BCUT2D eigenvalue weighted by molar-refractivity contribution is 0.0695. The molecule has 21 nitrogen and oxygen atoms in total. The Hall–Kier alpha value is -11.0. The maximum atomic E-state index is 13.6. The average Bonchev–Trinajstić information content (AvgIpc) is 1.09. The van der Waals surface area contributed by atoms with E-state index in [0.717, 1.165) is 87.2 Å². The molecule has 0 radical (unpaired) electrons. The maximum absolute atomic E-state index is 13.6. The zero-order chi connectivity index (χ0) is 69.2. The summed E-state index contributed by atoms with van der Waals surface area (Å²) in [6.45, 7) is 8.48. The highest BCUT2D eigenvalue weighted by atomic mass is 79.9. The lowest BCUT2D eigenvalue weighted by atomic mass is 9.80. The predicted molar refractivity (Wildman–Crippen MR) is 379 cm³/mol. The number of para-hydroxylation sites is 4. The van der Waals surface area contributed by atoms with E-state index in [0.29, 0.717) is 79.0 Å². The first-order chi connectivity index (χ1) is 47.0. The zero-order valence-electron chi connectivity index (χ0n) is 52.9. The standard InChI is InChI=1S/C23H20FN3O2.C17H16BrN3O2.C9H9BrO3.C8H9N3.C8H6N2O.C6H6BFO2.FH/c1-2-29-21-12-16(9-10-20(21)15-5-4-8-19(24)11-15)23(28)25-13-17-6-3-7-18-14-26-27-22(17)18;1-2-23-15-8-11(6-7-14(15)18)17(22)19-9-12-4-3-5-13-10-20-21-16(12)13;1-2-13-8-5-6(9(11)12)3-4-7(8)10;9-4-6-2-1-3-7-5-10-11-8(6)7;11-5-7-3-1-2-6-4-9-10-8(6)7;8-6-3-1-2-5(4-6)7(9)10;/h3-12,14H,2,13H2,1H3,(H,25,28)(H,26,27);3-8,10H,2,9H2,1H3,(H,19,22)(H,20,21);3-5H,2H2,1H3,(H,11,12);1-3,5H,4,9H2,(H,10,11);1-5H,(H,9,10);1-4,9-10H;1H. The number of amides is 2. The molecule has 11 N–H and O–H groups in total. The number of H-pyrrole nitrogens is 4. The van der Waals surface area contributed by atoms with Gasteiger partial charge in [-0.2, -0.15) is 20.4 Å². The van der Waals surface area contributed by atoms with Gasteiger partial charge >= 0.3 is 13.1 Å². The number of hydrogen-bond acceptors (Lipinski definition) is 14. The molecule has 0 fully saturated rings. The summed E-state index contributed by atoms with van der Waals surface area (Å²) in [6.07, 6.45) is 7.83. The van der Waals surface area contributed by atoms with Crippen molar-refractivity contribution in [3.63, 3.8) is 0 Å². The highest BCUT2D eigenvalue weighted by molar-refractivity contribution is 9.11. The fraction of sp³-hybridized carbons (Fsp3) is 0.127. The number of ether oxygens (including phenoxy) is 3. The number of rotatable bonds is 17. The first kappa shape index (κ1) is 74.4. The van der Waals surface area contributed by atoms with E-state index >= 15 is 0 Å². The largest absolute Gasteiger partial charge is 0.493 e. The number of nitrogens with zero attached hydrogens (tertiary/aromatic N) is 4. The number of carbonyl (C=O) groups is 4. The Kier molecular flexibility index (Phi) is 28.4. The molecule has 4 heterocycles. The summed E-state index contributed by atoms with van der Waals surface area (Å²) in [5, 5.41) is 63.1. The van der Waals surface area contributed by atoms with Crippen molar-refractivity contribution in [3.05, 3.63) is 260 Å². The molecule has 0 aliphatic carbocycles. The first-order valence-corrected chi connectivity index (χ1v) is 31.7. The number of carboxylic acids is 1. The molecule has 4 aromatic heterocycles. The van der Waals surface area contributed by atoms with Crippen LogP contribution in [0, 0.1) is 11.6 Å². The third-order valence-corrected chi connectivity index (χ3v) is 15.5. The number of halogens is 5. The van der Waals surface area contributed by atoms with Gasteiger partial charge in [0.2, 0.25) is 0 Å². The van der Waals surface area contributed by atoms with Gasteiger partial charge in [0.1, 0.15) is 28.9 Å². The smallest absolute Gasteiger partial charge is 0.488 e. The summed E-state index contributed by atoms with van der Waals surface area (Å²) < 4.78 is 43.9. The van der Waals surface area contributed by atoms with Crippen LogP contribution in [0.5, 0.6) is 17.2 Å². The van der Waals surface area contributed by atoms with E-state index in [9.17, 15) is 28.0 Å². The molecular weight excluding hydrogens is 1390 g/mol. The van der Waals surface area contributed by atoms with Crippen LogP contribution < -0.4 is 36.0 Å². The maximum Gasteiger partial charge on any atom is 0.488 e. The van der Waals surface area contributed by atoms with Crippen LogP contribution >= 0.6 is 31.9 Å². The molecule has 27 heteroatoms. The van der Waals surface area contributed by atoms with Crippen molar-refractivity contribution in [1.29, 1.82) is 0 Å². The van der Waals surface area contributed by atoms with Gasteiger partial charge in [-0.3, -0.25) is 39.5 Å². The molecule has 0 atom stereocenters. The van der Waals surface area contributed by atoms with E-state index in [-0.39, 0.29) is 33.4 Å². The number of hydrogen-bond donors (Lipinski definition) is 10. The number of aromatic carboxylic acids is 1. The van der Waals surface area contributed by atoms with Gasteiger partial charge in [0.05, 0.1) is 81.2 Å². The van der Waals surface area contributed by atoms with Crippen LogP contribution in [0.4, 0.5) is 13.5 Å². The van der Waals surface area contributed by atoms with Crippen molar-refractivity contribution in [1.82, 2.24) is 51.4 Å². The highest BCUT2D eigenvalue weighted by Crippen LogP contribution is 2.32. The molecule has 98 heavy (non-hydrogen) atoms. The minimum Gasteiger partial charge on any atom is -0.493 e. The molecule has 0 bridgehead atoms. The molecule has 0 spiro atoms. The fourth-order valence-corrected chi connectivity index (χ4v) is 10.2. The SMILES string of the molecule is CCOc1cc(C(=O)NCc2cccc3cn[nH]c23)ccc1-c1cccc(F)c1.CCOc1cc(C(=O)NCc2cccc3cn[nH]c23)ccc1Br.CCOc1cc(C(=O)O)ccc1Br.F.NCc1cccc2cn[nH]c12.O=Cc1cccc2cn[nH]c12.OB(O)c1cccc(F)c1. The second-order valence-corrected chi connectivity index (χ2v) is 22.4. The summed E-state index contributed by atoms with van der Waals surface area (Å²) in [5.74, 6) is -0.332. The molecule has 9 aromatic carbocycles. The molecule has 0 saturated heterocycles. The molecule has 2 amide bonds. The number of fused-ring (bicyclic) bond motifs is 4. The predicted octanol–water partition coefficient (Wildman–Crippen LogP) is 13.0. The van der Waals surface area contributed by atoms with Crippen molar-refractivity contribution in [2.24, 2.45) is 5.73 Å². The molecule has 13 aromatic rings. The molecule has 0 saturated carbocycles. The summed E-state index contributed by atoms with van der Waals surface area (Å²) in [5.41, 5.74) is 15.8. The van der Waals surface area contributed by atoms with E-state index in [1.807, 2.05) is 99.6 Å². The van der Waals surface area contributed by atoms with Crippen molar-refractivity contribution in [2.45, 2.75) is 40.4 Å². The van der Waals surface area contributed by atoms with Gasteiger partial charge in [-0.25, -0.2) is 13.6 Å². The molecule has 13 rings (SSSR count). The molecule has 0 aliphatic rings. The molecular formula is C71H67BBr2F3N11O10. The number of carbonyl (C=O) groups excluding carboxylic acids is 3. The van der Waals surface area contributed by atoms with E-state index in [1.54, 1.807) is 73.3 Å². The minimum absolute atomic E-state index is 0. The van der Waals surface area contributed by atoms with E-state index in [1.165, 1.54) is 42.5 Å². The second-order valence-electron chi connectivity index (χ2n) is 20.7. The van der Waals surface area contributed by atoms with E-state index < -0.39 is 18.9 Å². The first-order valence-electron chi connectivity index (χ1n) is 30.1. The molecule has 504 valence electrons. The van der Waals surface area contributed by atoms with Crippen molar-refractivity contribution in [2.75, 3.05) is 19.8 Å². The van der Waals surface area contributed by atoms with Crippen molar-refractivity contribution in [3.8, 4) is 28.4 Å². The Morgan fingerprint density at radius 1 is 0.520 bits per heavy atom. The Morgan fingerprint density at radius 2 is 0.929 bits per heavy atom. The second kappa shape index (κ2) is 37.4. The monoisotopic (exact) mass is 1460 g/mol. The topological polar surface area (TPSA) is 321 Å². The van der Waals surface area contributed by atoms with Gasteiger partial charge in [0.15, 0.2) is 6.29 Å². The van der Waals surface area contributed by atoms with Gasteiger partial charge in [0.25, 0.3) is 11.8 Å². The Labute approximate surface area is 576 Å². The Bertz CT molecular complexity index is 4780. The summed E-state index contributed by atoms with van der Waals surface area (Å²) in [6, 6.07) is 49.9. The zero-order valence-corrected chi connectivity index (χ0v) is 56.1. The third kappa shape index (κ3) is 20.5. The van der Waals surface area contributed by atoms with Crippen molar-refractivity contribution >= 4 is 112 Å². The third-order valence-electron chi connectivity index (χ3n) is 14.2. The number of carboxylic acid groups (broad SMARTS) is 1. The van der Waals surface area contributed by atoms with E-state index in [4.69, 9.17) is 35.1 Å². The van der Waals surface area contributed by atoms with Crippen LogP contribution in [-0.4, -0.2) is 107 Å². The number of benzene rings is 9. The van der Waals surface area contributed by atoms with Crippen LogP contribution in [-0.2, 0) is 19.6 Å².